The van der Waals surface area contributed by atoms with Crippen molar-refractivity contribution in [3.63, 3.8) is 0 Å². The molecule has 0 spiro atoms. The SMILES string of the molecule is CCOC(=O)c1cc(-c2ccc(OCc3ccc(Cl)cc3)cc2OCc2ccccc2)n[nH]1. The van der Waals surface area contributed by atoms with Crippen LogP contribution in [-0.4, -0.2) is 22.8 Å². The fraction of sp³-hybridized carbons (Fsp3) is 0.154. The second-order valence-corrected chi connectivity index (χ2v) is 7.67. The zero-order valence-corrected chi connectivity index (χ0v) is 18.8. The van der Waals surface area contributed by atoms with Crippen LogP contribution in [0.4, 0.5) is 0 Å². The van der Waals surface area contributed by atoms with E-state index in [1.807, 2.05) is 72.8 Å². The molecule has 0 aliphatic carbocycles. The van der Waals surface area contributed by atoms with Crippen molar-refractivity contribution in [2.75, 3.05) is 6.61 Å². The molecule has 0 fully saturated rings. The Hall–Kier alpha value is -3.77. The minimum Gasteiger partial charge on any atom is -0.489 e. The van der Waals surface area contributed by atoms with Gasteiger partial charge in [0.05, 0.1) is 12.3 Å². The van der Waals surface area contributed by atoms with Crippen LogP contribution in [0.3, 0.4) is 0 Å². The Morgan fingerprint density at radius 3 is 2.39 bits per heavy atom. The first kappa shape index (κ1) is 22.4. The molecule has 4 rings (SSSR count). The highest BCUT2D eigenvalue weighted by Crippen LogP contribution is 2.34. The van der Waals surface area contributed by atoms with Gasteiger partial charge in [0.25, 0.3) is 0 Å². The van der Waals surface area contributed by atoms with Gasteiger partial charge < -0.3 is 14.2 Å². The van der Waals surface area contributed by atoms with Crippen LogP contribution >= 0.6 is 11.6 Å². The van der Waals surface area contributed by atoms with Crippen molar-refractivity contribution in [2.45, 2.75) is 20.1 Å². The maximum absolute atomic E-state index is 12.0. The number of carbonyl (C=O) groups is 1. The van der Waals surface area contributed by atoms with Gasteiger partial charge in [0.2, 0.25) is 0 Å². The predicted octanol–water partition coefficient (Wildman–Crippen LogP) is 6.06. The van der Waals surface area contributed by atoms with Crippen LogP contribution in [0.15, 0.2) is 78.9 Å². The molecule has 7 heteroatoms. The number of H-pyrrole nitrogens is 1. The summed E-state index contributed by atoms with van der Waals surface area (Å²) in [5, 5.41) is 7.69. The second-order valence-electron chi connectivity index (χ2n) is 7.23. The van der Waals surface area contributed by atoms with E-state index in [1.165, 1.54) is 0 Å². The standard InChI is InChI=1S/C26H23ClN2O4/c1-2-31-26(30)24-15-23(28-29-24)22-13-12-21(32-16-19-8-10-20(27)11-9-19)14-25(22)33-17-18-6-4-3-5-7-18/h3-15H,2,16-17H2,1H3,(H,28,29). The van der Waals surface area contributed by atoms with Gasteiger partial charge in [-0.05, 0) is 48.4 Å². The van der Waals surface area contributed by atoms with Crippen molar-refractivity contribution in [2.24, 2.45) is 0 Å². The Morgan fingerprint density at radius 2 is 1.64 bits per heavy atom. The van der Waals surface area contributed by atoms with Crippen LogP contribution in [0.2, 0.25) is 5.02 Å². The topological polar surface area (TPSA) is 73.4 Å². The van der Waals surface area contributed by atoms with E-state index in [9.17, 15) is 4.79 Å². The van der Waals surface area contributed by atoms with Crippen LogP contribution in [-0.2, 0) is 18.0 Å². The molecule has 3 aromatic carbocycles. The Labute approximate surface area is 197 Å². The summed E-state index contributed by atoms with van der Waals surface area (Å²) >= 11 is 5.95. The van der Waals surface area contributed by atoms with Crippen LogP contribution in [0.5, 0.6) is 11.5 Å². The lowest BCUT2D eigenvalue weighted by Gasteiger charge is -2.13. The molecular weight excluding hydrogens is 440 g/mol. The number of hydrogen-bond acceptors (Lipinski definition) is 5. The molecule has 0 aliphatic heterocycles. The van der Waals surface area contributed by atoms with E-state index in [2.05, 4.69) is 10.2 Å². The number of nitrogens with zero attached hydrogens (tertiary/aromatic N) is 1. The Bertz CT molecular complexity index is 1210. The molecule has 0 bridgehead atoms. The van der Waals surface area contributed by atoms with E-state index in [0.29, 0.717) is 35.4 Å². The number of carbonyl (C=O) groups excluding carboxylic acids is 1. The molecule has 0 saturated carbocycles. The van der Waals surface area contributed by atoms with E-state index < -0.39 is 5.97 Å². The van der Waals surface area contributed by atoms with Gasteiger partial charge in [-0.3, -0.25) is 5.10 Å². The van der Waals surface area contributed by atoms with Crippen LogP contribution < -0.4 is 9.47 Å². The minimum atomic E-state index is -0.453. The van der Waals surface area contributed by atoms with E-state index in [0.717, 1.165) is 16.7 Å². The largest absolute Gasteiger partial charge is 0.489 e. The summed E-state index contributed by atoms with van der Waals surface area (Å²) in [4.78, 5) is 12.0. The van der Waals surface area contributed by atoms with Crippen LogP contribution in [0.25, 0.3) is 11.3 Å². The molecule has 4 aromatic rings. The molecule has 0 atom stereocenters. The van der Waals surface area contributed by atoms with Gasteiger partial charge in [-0.25, -0.2) is 4.79 Å². The number of ether oxygens (including phenoxy) is 3. The summed E-state index contributed by atoms with van der Waals surface area (Å²) < 4.78 is 17.1. The molecular formula is C26H23ClN2O4. The van der Waals surface area contributed by atoms with Gasteiger partial charge >= 0.3 is 5.97 Å². The average Bonchev–Trinajstić information content (AvgIpc) is 3.33. The second kappa shape index (κ2) is 10.7. The molecule has 1 heterocycles. The van der Waals surface area contributed by atoms with Crippen molar-refractivity contribution < 1.29 is 19.0 Å². The number of aromatic nitrogens is 2. The molecule has 0 aliphatic rings. The minimum absolute atomic E-state index is 0.281. The lowest BCUT2D eigenvalue weighted by molar-refractivity contribution is 0.0519. The molecule has 0 amide bonds. The molecule has 168 valence electrons. The van der Waals surface area contributed by atoms with Crippen LogP contribution in [0.1, 0.15) is 28.5 Å². The summed E-state index contributed by atoms with van der Waals surface area (Å²) in [6, 6.07) is 24.6. The monoisotopic (exact) mass is 462 g/mol. The van der Waals surface area contributed by atoms with Crippen LogP contribution in [0, 0.1) is 0 Å². The number of hydrogen-bond donors (Lipinski definition) is 1. The highest BCUT2D eigenvalue weighted by atomic mass is 35.5. The van der Waals surface area contributed by atoms with Crippen molar-refractivity contribution in [1.82, 2.24) is 10.2 Å². The maximum atomic E-state index is 12.0. The molecule has 0 unspecified atom stereocenters. The summed E-state index contributed by atoms with van der Waals surface area (Å²) in [6.45, 7) is 2.82. The van der Waals surface area contributed by atoms with Gasteiger partial charge in [-0.1, -0.05) is 54.1 Å². The van der Waals surface area contributed by atoms with Crippen molar-refractivity contribution in [1.29, 1.82) is 0 Å². The first-order valence-electron chi connectivity index (χ1n) is 10.5. The highest BCUT2D eigenvalue weighted by molar-refractivity contribution is 6.30. The van der Waals surface area contributed by atoms with Crippen molar-refractivity contribution >= 4 is 17.6 Å². The fourth-order valence-corrected chi connectivity index (χ4v) is 3.31. The van der Waals surface area contributed by atoms with Gasteiger partial charge in [0, 0.05) is 16.7 Å². The molecule has 33 heavy (non-hydrogen) atoms. The Morgan fingerprint density at radius 1 is 0.909 bits per heavy atom. The quantitative estimate of drug-likeness (QED) is 0.306. The molecule has 1 aromatic heterocycles. The van der Waals surface area contributed by atoms with Crippen molar-refractivity contribution in [3.05, 3.63) is 101 Å². The summed E-state index contributed by atoms with van der Waals surface area (Å²) in [5.41, 5.74) is 3.62. The summed E-state index contributed by atoms with van der Waals surface area (Å²) in [6.07, 6.45) is 0. The lowest BCUT2D eigenvalue weighted by atomic mass is 10.1. The zero-order valence-electron chi connectivity index (χ0n) is 18.1. The third-order valence-electron chi connectivity index (χ3n) is 4.86. The molecule has 0 saturated heterocycles. The smallest absolute Gasteiger partial charge is 0.356 e. The lowest BCUT2D eigenvalue weighted by Crippen LogP contribution is -2.04. The zero-order chi connectivity index (χ0) is 23.0. The summed E-state index contributed by atoms with van der Waals surface area (Å²) in [5.74, 6) is 0.790. The highest BCUT2D eigenvalue weighted by Gasteiger charge is 2.16. The molecule has 0 radical (unpaired) electrons. The number of benzene rings is 3. The predicted molar refractivity (Wildman–Crippen MR) is 127 cm³/mol. The van der Waals surface area contributed by atoms with Gasteiger partial charge in [-0.15, -0.1) is 0 Å². The number of halogens is 1. The third kappa shape index (κ3) is 5.93. The number of aromatic amines is 1. The third-order valence-corrected chi connectivity index (χ3v) is 5.11. The van der Waals surface area contributed by atoms with E-state index >= 15 is 0 Å². The number of nitrogens with one attached hydrogen (secondary N) is 1. The van der Waals surface area contributed by atoms with Gasteiger partial charge in [0.1, 0.15) is 30.4 Å². The Kier molecular flexibility index (Phi) is 7.27. The maximum Gasteiger partial charge on any atom is 0.356 e. The molecule has 1 N–H and O–H groups in total. The Balaban J connectivity index is 1.57. The van der Waals surface area contributed by atoms with E-state index in [-0.39, 0.29) is 12.3 Å². The number of esters is 1. The molecule has 6 nitrogen and oxygen atoms in total. The van der Waals surface area contributed by atoms with E-state index in [1.54, 1.807) is 13.0 Å². The number of rotatable bonds is 9. The first-order valence-corrected chi connectivity index (χ1v) is 10.9. The fourth-order valence-electron chi connectivity index (χ4n) is 3.18. The normalized spacial score (nSPS) is 10.6. The van der Waals surface area contributed by atoms with E-state index in [4.69, 9.17) is 25.8 Å². The van der Waals surface area contributed by atoms with Crippen molar-refractivity contribution in [3.8, 4) is 22.8 Å². The van der Waals surface area contributed by atoms with Gasteiger partial charge in [0.15, 0.2) is 0 Å². The summed E-state index contributed by atoms with van der Waals surface area (Å²) in [7, 11) is 0. The average molecular weight is 463 g/mol. The van der Waals surface area contributed by atoms with Gasteiger partial charge in [-0.2, -0.15) is 5.10 Å². The first-order chi connectivity index (χ1) is 16.1.